The highest BCUT2D eigenvalue weighted by atomic mass is 16.6. The van der Waals surface area contributed by atoms with Crippen LogP contribution >= 0.6 is 0 Å². The van der Waals surface area contributed by atoms with Gasteiger partial charge in [-0.1, -0.05) is 33.3 Å². The average molecular weight is 359 g/mol. The predicted molar refractivity (Wildman–Crippen MR) is 96.3 cm³/mol. The summed E-state index contributed by atoms with van der Waals surface area (Å²) in [6.07, 6.45) is 1.70. The molecular weight excluding hydrogens is 334 g/mol. The van der Waals surface area contributed by atoms with Crippen molar-refractivity contribution >= 4 is 11.7 Å². The van der Waals surface area contributed by atoms with Crippen LogP contribution in [-0.2, 0) is 9.59 Å². The first kappa shape index (κ1) is 18.3. The highest BCUT2D eigenvalue weighted by molar-refractivity contribution is 6.09. The zero-order valence-electron chi connectivity index (χ0n) is 15.4. The largest absolute Gasteiger partial charge is 0.503 e. The molecule has 1 aromatic rings. The summed E-state index contributed by atoms with van der Waals surface area (Å²) in [6.45, 7) is 7.00. The number of rotatable bonds is 6. The predicted octanol–water partition coefficient (Wildman–Crippen LogP) is 3.18. The minimum absolute atomic E-state index is 0.179. The molecule has 0 aliphatic carbocycles. The summed E-state index contributed by atoms with van der Waals surface area (Å²) in [6, 6.07) is 4.83. The van der Waals surface area contributed by atoms with E-state index < -0.39 is 17.7 Å². The number of carbonyl (C=O) groups is 2. The van der Waals surface area contributed by atoms with Crippen LogP contribution in [0.2, 0.25) is 0 Å². The first-order chi connectivity index (χ1) is 12.5. The molecule has 1 aromatic carbocycles. The van der Waals surface area contributed by atoms with Crippen LogP contribution in [0.5, 0.6) is 11.5 Å². The number of Topliss-reactive ketones (excluding diaryl/α,β-unsaturated/α-hetero) is 1. The maximum atomic E-state index is 12.7. The van der Waals surface area contributed by atoms with Crippen molar-refractivity contribution < 1.29 is 24.2 Å². The fourth-order valence-corrected chi connectivity index (χ4v) is 3.35. The van der Waals surface area contributed by atoms with Crippen LogP contribution in [0.15, 0.2) is 29.5 Å². The zero-order valence-corrected chi connectivity index (χ0v) is 15.4. The summed E-state index contributed by atoms with van der Waals surface area (Å²) in [5.74, 6) is -0.198. The lowest BCUT2D eigenvalue weighted by molar-refractivity contribution is -0.129. The fraction of sp³-hybridized carbons (Fsp3) is 0.500. The number of ether oxygens (including phenoxy) is 2. The molecule has 140 valence electrons. The van der Waals surface area contributed by atoms with Gasteiger partial charge in [-0.05, 0) is 24.1 Å². The summed E-state index contributed by atoms with van der Waals surface area (Å²) in [5, 5.41) is 10.4. The van der Waals surface area contributed by atoms with E-state index in [1.807, 2.05) is 13.0 Å². The van der Waals surface area contributed by atoms with Crippen LogP contribution in [0, 0.1) is 5.92 Å². The SMILES string of the molecule is CCCCN1C(=O)C(O)=C(C(=O)C(C)C)C1c1ccc2c(c1)OCCO2. The molecule has 1 N–H and O–H groups in total. The van der Waals surface area contributed by atoms with E-state index in [0.717, 1.165) is 18.4 Å². The summed E-state index contributed by atoms with van der Waals surface area (Å²) >= 11 is 0. The van der Waals surface area contributed by atoms with Gasteiger partial charge in [-0.2, -0.15) is 0 Å². The molecule has 1 atom stereocenters. The molecule has 6 heteroatoms. The smallest absolute Gasteiger partial charge is 0.290 e. The van der Waals surface area contributed by atoms with Crippen molar-refractivity contribution in [2.75, 3.05) is 19.8 Å². The van der Waals surface area contributed by atoms with E-state index in [-0.39, 0.29) is 17.3 Å². The van der Waals surface area contributed by atoms with Crippen molar-refractivity contribution in [1.29, 1.82) is 0 Å². The average Bonchev–Trinajstić information content (AvgIpc) is 2.89. The molecular formula is C20H25NO5. The molecule has 2 heterocycles. The molecule has 2 aliphatic heterocycles. The van der Waals surface area contributed by atoms with Crippen LogP contribution in [-0.4, -0.2) is 41.5 Å². The first-order valence-electron chi connectivity index (χ1n) is 9.13. The van der Waals surface area contributed by atoms with Gasteiger partial charge in [-0.3, -0.25) is 9.59 Å². The summed E-state index contributed by atoms with van der Waals surface area (Å²) in [4.78, 5) is 27.0. The second-order valence-corrected chi connectivity index (χ2v) is 6.94. The van der Waals surface area contributed by atoms with Crippen molar-refractivity contribution in [1.82, 2.24) is 4.90 Å². The Bertz CT molecular complexity index is 753. The van der Waals surface area contributed by atoms with Gasteiger partial charge in [0.15, 0.2) is 23.0 Å². The van der Waals surface area contributed by atoms with E-state index in [1.165, 1.54) is 0 Å². The summed E-state index contributed by atoms with van der Waals surface area (Å²) < 4.78 is 11.2. The Kier molecular flexibility index (Phi) is 5.20. The number of hydrogen-bond acceptors (Lipinski definition) is 5. The summed E-state index contributed by atoms with van der Waals surface area (Å²) in [5.41, 5.74) is 0.921. The van der Waals surface area contributed by atoms with E-state index in [9.17, 15) is 14.7 Å². The third kappa shape index (κ3) is 3.16. The molecule has 1 unspecified atom stereocenters. The lowest BCUT2D eigenvalue weighted by Gasteiger charge is -2.28. The van der Waals surface area contributed by atoms with Crippen LogP contribution in [0.1, 0.15) is 45.2 Å². The normalized spacial score (nSPS) is 19.5. The molecule has 0 spiro atoms. The lowest BCUT2D eigenvalue weighted by Crippen LogP contribution is -2.32. The Morgan fingerprint density at radius 1 is 1.27 bits per heavy atom. The Morgan fingerprint density at radius 2 is 1.96 bits per heavy atom. The number of nitrogens with zero attached hydrogens (tertiary/aromatic N) is 1. The number of amides is 1. The molecule has 3 rings (SSSR count). The number of aliphatic hydroxyl groups excluding tert-OH is 1. The Morgan fingerprint density at radius 3 is 2.62 bits per heavy atom. The Hall–Kier alpha value is -2.50. The van der Waals surface area contributed by atoms with Gasteiger partial charge in [-0.15, -0.1) is 0 Å². The van der Waals surface area contributed by atoms with Gasteiger partial charge in [0, 0.05) is 12.5 Å². The molecule has 0 aromatic heterocycles. The van der Waals surface area contributed by atoms with E-state index in [1.54, 1.807) is 30.9 Å². The molecule has 0 saturated heterocycles. The van der Waals surface area contributed by atoms with Gasteiger partial charge in [0.2, 0.25) is 0 Å². The highest BCUT2D eigenvalue weighted by Gasteiger charge is 2.43. The first-order valence-corrected chi connectivity index (χ1v) is 9.13. The molecule has 0 fully saturated rings. The minimum Gasteiger partial charge on any atom is -0.503 e. The van der Waals surface area contributed by atoms with Gasteiger partial charge in [0.05, 0.1) is 11.6 Å². The van der Waals surface area contributed by atoms with E-state index in [4.69, 9.17) is 9.47 Å². The van der Waals surface area contributed by atoms with Crippen molar-refractivity contribution in [3.05, 3.63) is 35.1 Å². The fourth-order valence-electron chi connectivity index (χ4n) is 3.35. The van der Waals surface area contributed by atoms with Crippen molar-refractivity contribution in [2.24, 2.45) is 5.92 Å². The van der Waals surface area contributed by atoms with Crippen LogP contribution in [0.4, 0.5) is 0 Å². The Labute approximate surface area is 153 Å². The number of fused-ring (bicyclic) bond motifs is 1. The third-order valence-corrected chi connectivity index (χ3v) is 4.73. The molecule has 0 saturated carbocycles. The van der Waals surface area contributed by atoms with Gasteiger partial charge in [-0.25, -0.2) is 0 Å². The van der Waals surface area contributed by atoms with Crippen LogP contribution in [0.25, 0.3) is 0 Å². The van der Waals surface area contributed by atoms with Crippen LogP contribution < -0.4 is 9.47 Å². The maximum Gasteiger partial charge on any atom is 0.290 e. The second kappa shape index (κ2) is 7.40. The number of hydrogen-bond donors (Lipinski definition) is 1. The number of benzene rings is 1. The highest BCUT2D eigenvalue weighted by Crippen LogP contribution is 2.42. The topological polar surface area (TPSA) is 76.1 Å². The summed E-state index contributed by atoms with van der Waals surface area (Å²) in [7, 11) is 0. The maximum absolute atomic E-state index is 12.7. The number of carbonyl (C=O) groups excluding carboxylic acids is 2. The van der Waals surface area contributed by atoms with E-state index >= 15 is 0 Å². The third-order valence-electron chi connectivity index (χ3n) is 4.73. The molecule has 2 aliphatic rings. The monoisotopic (exact) mass is 359 g/mol. The van der Waals surface area contributed by atoms with E-state index in [2.05, 4.69) is 0 Å². The quantitative estimate of drug-likeness (QED) is 0.844. The molecule has 0 radical (unpaired) electrons. The molecule has 1 amide bonds. The van der Waals surface area contributed by atoms with Gasteiger partial charge < -0.3 is 19.5 Å². The number of ketones is 1. The van der Waals surface area contributed by atoms with Gasteiger partial charge in [0.25, 0.3) is 5.91 Å². The molecule has 0 bridgehead atoms. The minimum atomic E-state index is -0.597. The van der Waals surface area contributed by atoms with Crippen molar-refractivity contribution in [3.8, 4) is 11.5 Å². The second-order valence-electron chi connectivity index (χ2n) is 6.94. The van der Waals surface area contributed by atoms with E-state index in [0.29, 0.717) is 31.3 Å². The number of unbranched alkanes of at least 4 members (excludes halogenated alkanes) is 1. The van der Waals surface area contributed by atoms with Gasteiger partial charge in [0.1, 0.15) is 13.2 Å². The van der Waals surface area contributed by atoms with Gasteiger partial charge >= 0.3 is 0 Å². The lowest BCUT2D eigenvalue weighted by atomic mass is 9.91. The molecule has 26 heavy (non-hydrogen) atoms. The standard InChI is InChI=1S/C20H25NO5/c1-4-5-8-21-17(16(18(22)12(2)3)19(23)20(21)24)13-6-7-14-15(11-13)26-10-9-25-14/h6-7,11-12,17,23H,4-5,8-10H2,1-3H3. The van der Waals surface area contributed by atoms with Crippen molar-refractivity contribution in [3.63, 3.8) is 0 Å². The number of aliphatic hydroxyl groups is 1. The zero-order chi connectivity index (χ0) is 18.8. The Balaban J connectivity index is 2.05. The molecule has 6 nitrogen and oxygen atoms in total. The van der Waals surface area contributed by atoms with Crippen LogP contribution in [0.3, 0.4) is 0 Å². The van der Waals surface area contributed by atoms with Crippen molar-refractivity contribution in [2.45, 2.75) is 39.7 Å².